The normalized spacial score (nSPS) is 11.4. The standard InChI is InChI=1S/C4H7N4O2S2/c5-1-2-12(9,10)8-4-7-6-3-11-4/h3H,1-2,5H2/q-1/p+1. The van der Waals surface area contributed by atoms with E-state index in [1.54, 1.807) is 0 Å². The topological polar surface area (TPSA) is 102 Å². The van der Waals surface area contributed by atoms with E-state index in [-0.39, 0.29) is 10.9 Å². The highest BCUT2D eigenvalue weighted by Gasteiger charge is 2.04. The van der Waals surface area contributed by atoms with E-state index in [0.29, 0.717) is 6.54 Å². The maximum absolute atomic E-state index is 11.0. The summed E-state index contributed by atoms with van der Waals surface area (Å²) in [5.41, 5.74) is 4.86. The molecule has 0 fully saturated rings. The first-order chi connectivity index (χ1) is 5.64. The van der Waals surface area contributed by atoms with Crippen LogP contribution in [0.15, 0.2) is 5.51 Å². The molecule has 68 valence electrons. The van der Waals surface area contributed by atoms with Crippen LogP contribution in [-0.4, -0.2) is 30.9 Å². The van der Waals surface area contributed by atoms with Crippen molar-refractivity contribution in [2.75, 3.05) is 12.3 Å². The number of nitrogens with zero attached hydrogens (tertiary/aromatic N) is 3. The fourth-order valence-corrected chi connectivity index (χ4v) is 2.08. The van der Waals surface area contributed by atoms with Crippen molar-refractivity contribution < 1.29 is 14.2 Å². The van der Waals surface area contributed by atoms with Gasteiger partial charge < -0.3 is 15.6 Å². The van der Waals surface area contributed by atoms with E-state index in [9.17, 15) is 8.42 Å². The van der Waals surface area contributed by atoms with Crippen LogP contribution in [0.25, 0.3) is 4.72 Å². The molecule has 0 radical (unpaired) electrons. The molecule has 0 amide bonds. The van der Waals surface area contributed by atoms with E-state index in [2.05, 4.69) is 20.7 Å². The highest BCUT2D eigenvalue weighted by molar-refractivity contribution is 7.94. The van der Waals surface area contributed by atoms with Crippen LogP contribution in [-0.2, 0) is 10.0 Å². The van der Waals surface area contributed by atoms with Gasteiger partial charge in [0.15, 0.2) is 10.0 Å². The second kappa shape index (κ2) is 3.78. The summed E-state index contributed by atoms with van der Waals surface area (Å²) < 4.78 is 25.5. The second-order valence-corrected chi connectivity index (χ2v) is 4.52. The Balaban J connectivity index is 2.63. The van der Waals surface area contributed by atoms with Gasteiger partial charge >= 0.3 is 0 Å². The van der Waals surface area contributed by atoms with E-state index in [0.717, 1.165) is 11.3 Å². The molecule has 0 unspecified atom stereocenters. The van der Waals surface area contributed by atoms with Crippen molar-refractivity contribution in [3.63, 3.8) is 0 Å². The summed E-state index contributed by atoms with van der Waals surface area (Å²) in [5.74, 6) is -0.0490. The lowest BCUT2D eigenvalue weighted by Crippen LogP contribution is -2.52. The smallest absolute Gasteiger partial charge is 0.179 e. The molecule has 1 aromatic heterocycles. The van der Waals surface area contributed by atoms with Gasteiger partial charge in [0, 0.05) is 5.13 Å². The number of aromatic nitrogens is 2. The summed E-state index contributed by atoms with van der Waals surface area (Å²) >= 11 is 1.09. The van der Waals surface area contributed by atoms with Crippen molar-refractivity contribution in [2.24, 2.45) is 0 Å². The molecular formula is C4H8N4O2S2. The average Bonchev–Trinajstić information content (AvgIpc) is 2.38. The maximum Gasteiger partial charge on any atom is 0.179 e. The van der Waals surface area contributed by atoms with Crippen LogP contribution in [0.1, 0.15) is 0 Å². The second-order valence-electron chi connectivity index (χ2n) is 1.95. The lowest BCUT2D eigenvalue weighted by Gasteiger charge is -2.08. The molecule has 0 spiro atoms. The van der Waals surface area contributed by atoms with Gasteiger partial charge in [0.25, 0.3) is 0 Å². The number of hydrogen-bond acceptors (Lipinski definition) is 5. The minimum absolute atomic E-state index is 0.0490. The minimum atomic E-state index is -3.38. The summed E-state index contributed by atoms with van der Waals surface area (Å²) in [6, 6.07) is 0. The zero-order valence-corrected chi connectivity index (χ0v) is 7.81. The fraction of sp³-hybridized carbons (Fsp3) is 0.500. The third kappa shape index (κ3) is 2.72. The molecule has 0 aliphatic heterocycles. The van der Waals surface area contributed by atoms with E-state index < -0.39 is 10.0 Å². The minimum Gasteiger partial charge on any atom is -0.357 e. The predicted molar refractivity (Wildman–Crippen MR) is 44.5 cm³/mol. The van der Waals surface area contributed by atoms with Crippen molar-refractivity contribution in [3.8, 4) is 0 Å². The summed E-state index contributed by atoms with van der Waals surface area (Å²) in [6.07, 6.45) is 0. The van der Waals surface area contributed by atoms with E-state index >= 15 is 0 Å². The Labute approximate surface area is 73.9 Å². The SMILES string of the molecule is [NH3+]CCS(=O)(=O)[N-]c1nncs1. The van der Waals surface area contributed by atoms with Crippen LogP contribution >= 0.6 is 11.3 Å². The first kappa shape index (κ1) is 9.36. The number of quaternary nitrogens is 1. The lowest BCUT2D eigenvalue weighted by atomic mass is 10.8. The summed E-state index contributed by atoms with van der Waals surface area (Å²) in [7, 11) is -3.38. The van der Waals surface area contributed by atoms with Gasteiger partial charge in [-0.05, 0) is 0 Å². The van der Waals surface area contributed by atoms with Gasteiger partial charge in [0.05, 0.1) is 12.1 Å². The third-order valence-electron chi connectivity index (χ3n) is 0.968. The molecule has 0 atom stereocenters. The Morgan fingerprint density at radius 1 is 1.67 bits per heavy atom. The molecule has 6 nitrogen and oxygen atoms in total. The molecule has 0 aromatic carbocycles. The van der Waals surface area contributed by atoms with E-state index in [1.807, 2.05) is 0 Å². The number of sulfonamides is 1. The van der Waals surface area contributed by atoms with Gasteiger partial charge in [0.1, 0.15) is 5.75 Å². The monoisotopic (exact) mass is 208 g/mol. The lowest BCUT2D eigenvalue weighted by molar-refractivity contribution is -0.360. The van der Waals surface area contributed by atoms with Crippen LogP contribution in [0, 0.1) is 0 Å². The van der Waals surface area contributed by atoms with Gasteiger partial charge in [-0.2, -0.15) is 0 Å². The Bertz CT molecular complexity index is 319. The zero-order valence-electron chi connectivity index (χ0n) is 6.17. The molecule has 0 aliphatic rings. The molecule has 0 bridgehead atoms. The fourth-order valence-electron chi connectivity index (χ4n) is 0.554. The van der Waals surface area contributed by atoms with Crippen LogP contribution in [0.5, 0.6) is 0 Å². The van der Waals surface area contributed by atoms with Crippen LogP contribution in [0.2, 0.25) is 0 Å². The predicted octanol–water partition coefficient (Wildman–Crippen LogP) is -0.885. The highest BCUT2D eigenvalue weighted by Crippen LogP contribution is 2.22. The van der Waals surface area contributed by atoms with E-state index in [4.69, 9.17) is 0 Å². The Hall–Kier alpha value is -0.730. The quantitative estimate of drug-likeness (QED) is 0.693. The Morgan fingerprint density at radius 3 is 2.92 bits per heavy atom. The molecule has 12 heavy (non-hydrogen) atoms. The van der Waals surface area contributed by atoms with Crippen molar-refractivity contribution in [2.45, 2.75) is 0 Å². The van der Waals surface area contributed by atoms with Crippen LogP contribution < -0.4 is 5.73 Å². The third-order valence-corrected chi connectivity index (χ3v) is 2.92. The summed E-state index contributed by atoms with van der Waals surface area (Å²) in [4.78, 5) is 0. The average molecular weight is 208 g/mol. The molecule has 0 saturated carbocycles. The zero-order chi connectivity index (χ0) is 9.03. The Morgan fingerprint density at radius 2 is 2.42 bits per heavy atom. The molecule has 0 saturated heterocycles. The first-order valence-electron chi connectivity index (χ1n) is 3.15. The number of hydrogen-bond donors (Lipinski definition) is 1. The van der Waals surface area contributed by atoms with Gasteiger partial charge in [-0.1, -0.05) is 0 Å². The Kier molecular flexibility index (Phi) is 2.95. The summed E-state index contributed by atoms with van der Waals surface area (Å²) in [6.45, 7) is 0.310. The van der Waals surface area contributed by atoms with Crippen LogP contribution in [0.3, 0.4) is 0 Å². The van der Waals surface area contributed by atoms with Gasteiger partial charge in [-0.3, -0.25) is 5.10 Å². The van der Waals surface area contributed by atoms with Crippen molar-refractivity contribution in [1.29, 1.82) is 0 Å². The van der Waals surface area contributed by atoms with Gasteiger partial charge in [-0.25, -0.2) is 8.42 Å². The molecule has 0 aliphatic carbocycles. The number of rotatable bonds is 4. The van der Waals surface area contributed by atoms with Gasteiger partial charge in [0.2, 0.25) is 0 Å². The molecule has 1 aromatic rings. The molecule has 1 heterocycles. The van der Waals surface area contributed by atoms with Crippen molar-refractivity contribution in [3.05, 3.63) is 10.2 Å². The molecule has 8 heteroatoms. The summed E-state index contributed by atoms with van der Waals surface area (Å²) in [5, 5.41) is 7.12. The maximum atomic E-state index is 11.0. The molecular weight excluding hydrogens is 200 g/mol. The molecule has 3 N–H and O–H groups in total. The van der Waals surface area contributed by atoms with Crippen molar-refractivity contribution >= 4 is 26.5 Å². The van der Waals surface area contributed by atoms with Gasteiger partial charge in [-0.15, -0.1) is 11.3 Å². The van der Waals surface area contributed by atoms with E-state index in [1.165, 1.54) is 5.51 Å². The highest BCUT2D eigenvalue weighted by atomic mass is 32.2. The largest absolute Gasteiger partial charge is 0.357 e. The van der Waals surface area contributed by atoms with Crippen LogP contribution in [0.4, 0.5) is 5.13 Å². The first-order valence-corrected chi connectivity index (χ1v) is 5.64. The van der Waals surface area contributed by atoms with Crippen molar-refractivity contribution in [1.82, 2.24) is 10.2 Å². The molecule has 1 rings (SSSR count).